The lowest BCUT2D eigenvalue weighted by Gasteiger charge is -2.34. The number of pyridine rings is 1. The van der Waals surface area contributed by atoms with Crippen LogP contribution in [0.5, 0.6) is 0 Å². The van der Waals surface area contributed by atoms with Crippen molar-refractivity contribution in [3.63, 3.8) is 0 Å². The van der Waals surface area contributed by atoms with Crippen LogP contribution in [0.4, 0.5) is 5.69 Å². The average molecular weight is 393 g/mol. The normalized spacial score (nSPS) is 35.4. The molecule has 5 unspecified atom stereocenters. The van der Waals surface area contributed by atoms with Crippen LogP contribution in [0.15, 0.2) is 30.5 Å². The molecule has 5 rings (SSSR count). The van der Waals surface area contributed by atoms with Crippen LogP contribution in [0.1, 0.15) is 25.3 Å². The van der Waals surface area contributed by atoms with Crippen molar-refractivity contribution in [1.82, 2.24) is 4.98 Å². The Morgan fingerprint density at radius 3 is 2.79 bits per heavy atom. The van der Waals surface area contributed by atoms with Crippen molar-refractivity contribution in [2.45, 2.75) is 37.1 Å². The van der Waals surface area contributed by atoms with Crippen LogP contribution in [0.25, 0.3) is 10.9 Å². The summed E-state index contributed by atoms with van der Waals surface area (Å²) in [6.45, 7) is 1.48. The Labute approximate surface area is 166 Å². The summed E-state index contributed by atoms with van der Waals surface area (Å²) in [4.78, 5) is 32.3. The SMILES string of the molecule is CC12CC(O)C(CCO)(O1)C1C(=O)N(c3ccc(C#N)c4ncccc34)C(=O)C12. The summed E-state index contributed by atoms with van der Waals surface area (Å²) in [5.74, 6) is -2.43. The summed E-state index contributed by atoms with van der Waals surface area (Å²) in [5, 5.41) is 30.1. The minimum atomic E-state index is -1.27. The summed E-state index contributed by atoms with van der Waals surface area (Å²) in [6.07, 6.45) is 0.929. The highest BCUT2D eigenvalue weighted by Gasteiger charge is 2.77. The second kappa shape index (κ2) is 5.83. The molecule has 0 radical (unpaired) electrons. The van der Waals surface area contributed by atoms with E-state index in [1.807, 2.05) is 0 Å². The van der Waals surface area contributed by atoms with E-state index in [4.69, 9.17) is 4.74 Å². The molecule has 5 atom stereocenters. The van der Waals surface area contributed by atoms with Crippen LogP contribution in [0.2, 0.25) is 0 Å². The Balaban J connectivity index is 1.68. The fourth-order valence-corrected chi connectivity index (χ4v) is 5.57. The zero-order chi connectivity index (χ0) is 20.6. The molecule has 3 fully saturated rings. The number of rotatable bonds is 3. The van der Waals surface area contributed by atoms with Gasteiger partial charge in [-0.25, -0.2) is 4.90 Å². The third-order valence-corrected chi connectivity index (χ3v) is 6.69. The Hall–Kier alpha value is -2.86. The number of imide groups is 1. The minimum absolute atomic E-state index is 0.0768. The molecule has 2 aromatic rings. The number of amides is 2. The number of benzene rings is 1. The van der Waals surface area contributed by atoms with Crippen LogP contribution in [-0.2, 0) is 14.3 Å². The molecule has 1 aromatic heterocycles. The van der Waals surface area contributed by atoms with E-state index in [2.05, 4.69) is 11.1 Å². The number of nitrogens with zero attached hydrogens (tertiary/aromatic N) is 3. The molecule has 8 nitrogen and oxygen atoms in total. The third-order valence-electron chi connectivity index (χ3n) is 6.69. The Bertz CT molecular complexity index is 1110. The van der Waals surface area contributed by atoms with E-state index < -0.39 is 35.0 Å². The van der Waals surface area contributed by atoms with E-state index in [1.165, 1.54) is 0 Å². The zero-order valence-corrected chi connectivity index (χ0v) is 15.7. The highest BCUT2D eigenvalue weighted by Crippen LogP contribution is 2.62. The Morgan fingerprint density at radius 1 is 1.31 bits per heavy atom. The number of carbonyl (C=O) groups excluding carboxylic acids is 2. The van der Waals surface area contributed by atoms with Crippen molar-refractivity contribution >= 4 is 28.4 Å². The maximum Gasteiger partial charge on any atom is 0.240 e. The molecule has 29 heavy (non-hydrogen) atoms. The molecule has 0 spiro atoms. The number of nitriles is 1. The summed E-state index contributed by atoms with van der Waals surface area (Å²) < 4.78 is 6.08. The van der Waals surface area contributed by atoms with Gasteiger partial charge in [0.2, 0.25) is 11.8 Å². The number of aromatic nitrogens is 1. The number of anilines is 1. The van der Waals surface area contributed by atoms with E-state index in [1.54, 1.807) is 37.4 Å². The quantitative estimate of drug-likeness (QED) is 0.742. The summed E-state index contributed by atoms with van der Waals surface area (Å²) in [7, 11) is 0. The largest absolute Gasteiger partial charge is 0.396 e. The number of hydrogen-bond acceptors (Lipinski definition) is 7. The Morgan fingerprint density at radius 2 is 2.07 bits per heavy atom. The lowest BCUT2D eigenvalue weighted by atomic mass is 9.66. The second-order valence-electron chi connectivity index (χ2n) is 8.17. The first-order valence-corrected chi connectivity index (χ1v) is 9.53. The van der Waals surface area contributed by atoms with Crippen LogP contribution in [0.3, 0.4) is 0 Å². The van der Waals surface area contributed by atoms with Gasteiger partial charge >= 0.3 is 0 Å². The number of aliphatic hydroxyl groups excluding tert-OH is 2. The molecule has 3 aliphatic rings. The molecule has 2 bridgehead atoms. The first-order chi connectivity index (χ1) is 13.9. The van der Waals surface area contributed by atoms with Crippen LogP contribution < -0.4 is 4.90 Å². The van der Waals surface area contributed by atoms with Gasteiger partial charge in [-0.1, -0.05) is 0 Å². The fraction of sp³-hybridized carbons (Fsp3) is 0.429. The van der Waals surface area contributed by atoms with Gasteiger partial charge in [0.15, 0.2) is 0 Å². The smallest absolute Gasteiger partial charge is 0.240 e. The maximum atomic E-state index is 13.5. The standard InChI is InChI=1S/C21H19N3O5/c1-20-9-14(26)21(29-20,6-8-25)16-15(20)18(27)24(19(16)28)13-5-4-11(10-22)17-12(13)3-2-7-23-17/h2-5,7,14-16,25-26H,6,8-9H2,1H3. The molecule has 8 heteroatoms. The zero-order valence-electron chi connectivity index (χ0n) is 15.7. The fourth-order valence-electron chi connectivity index (χ4n) is 5.57. The van der Waals surface area contributed by atoms with Crippen LogP contribution in [-0.4, -0.2) is 50.9 Å². The summed E-state index contributed by atoms with van der Waals surface area (Å²) in [5.41, 5.74) is -1.10. The molecule has 0 saturated carbocycles. The average Bonchev–Trinajstić information content (AvgIpc) is 3.23. The molecule has 3 aliphatic heterocycles. The Kier molecular flexibility index (Phi) is 3.65. The van der Waals surface area contributed by atoms with Gasteiger partial charge in [0.25, 0.3) is 0 Å². The van der Waals surface area contributed by atoms with Gasteiger partial charge in [0, 0.05) is 31.0 Å². The second-order valence-corrected chi connectivity index (χ2v) is 8.17. The first kappa shape index (κ1) is 18.2. The highest BCUT2D eigenvalue weighted by atomic mass is 16.6. The van der Waals surface area contributed by atoms with E-state index in [0.717, 1.165) is 4.90 Å². The van der Waals surface area contributed by atoms with Crippen molar-refractivity contribution in [1.29, 1.82) is 5.26 Å². The van der Waals surface area contributed by atoms with Crippen LogP contribution >= 0.6 is 0 Å². The lowest BCUT2D eigenvalue weighted by molar-refractivity contribution is -0.137. The van der Waals surface area contributed by atoms with Crippen molar-refractivity contribution < 1.29 is 24.5 Å². The van der Waals surface area contributed by atoms with E-state index in [9.17, 15) is 25.1 Å². The van der Waals surface area contributed by atoms with Crippen LogP contribution in [0, 0.1) is 23.2 Å². The molecular weight excluding hydrogens is 374 g/mol. The summed E-state index contributed by atoms with van der Waals surface area (Å²) >= 11 is 0. The van der Waals surface area contributed by atoms with Crippen molar-refractivity contribution in [3.8, 4) is 6.07 Å². The number of fused-ring (bicyclic) bond motifs is 6. The topological polar surface area (TPSA) is 124 Å². The van der Waals surface area contributed by atoms with Crippen molar-refractivity contribution in [2.24, 2.45) is 11.8 Å². The first-order valence-electron chi connectivity index (χ1n) is 9.53. The molecule has 4 heterocycles. The molecular formula is C21H19N3O5. The van der Waals surface area contributed by atoms with Gasteiger partial charge < -0.3 is 14.9 Å². The molecule has 3 saturated heterocycles. The van der Waals surface area contributed by atoms with E-state index in [-0.39, 0.29) is 25.4 Å². The van der Waals surface area contributed by atoms with Gasteiger partial charge in [-0.3, -0.25) is 14.6 Å². The number of hydrogen-bond donors (Lipinski definition) is 2. The minimum Gasteiger partial charge on any atom is -0.396 e. The van der Waals surface area contributed by atoms with E-state index in [0.29, 0.717) is 22.2 Å². The highest BCUT2D eigenvalue weighted by molar-refractivity contribution is 6.26. The van der Waals surface area contributed by atoms with Gasteiger partial charge in [-0.15, -0.1) is 0 Å². The van der Waals surface area contributed by atoms with Gasteiger partial charge in [0.05, 0.1) is 40.3 Å². The van der Waals surface area contributed by atoms with Gasteiger partial charge in [0.1, 0.15) is 11.7 Å². The monoisotopic (exact) mass is 393 g/mol. The molecule has 2 N–H and O–H groups in total. The number of carbonyl (C=O) groups is 2. The molecule has 1 aromatic carbocycles. The summed E-state index contributed by atoms with van der Waals surface area (Å²) in [6, 6.07) is 8.61. The van der Waals surface area contributed by atoms with E-state index >= 15 is 0 Å². The molecule has 2 amide bonds. The van der Waals surface area contributed by atoms with Gasteiger partial charge in [-0.2, -0.15) is 5.26 Å². The number of ether oxygens (including phenoxy) is 1. The maximum absolute atomic E-state index is 13.5. The lowest BCUT2D eigenvalue weighted by Crippen LogP contribution is -2.51. The van der Waals surface area contributed by atoms with Gasteiger partial charge in [-0.05, 0) is 31.2 Å². The predicted octanol–water partition coefficient (Wildman–Crippen LogP) is 0.887. The third kappa shape index (κ3) is 2.10. The van der Waals surface area contributed by atoms with Crippen molar-refractivity contribution in [2.75, 3.05) is 11.5 Å². The molecule has 148 valence electrons. The predicted molar refractivity (Wildman–Crippen MR) is 100 cm³/mol. The molecule has 0 aliphatic carbocycles. The number of aliphatic hydroxyl groups is 2. The van der Waals surface area contributed by atoms with Crippen molar-refractivity contribution in [3.05, 3.63) is 36.0 Å².